The van der Waals surface area contributed by atoms with Crippen LogP contribution in [0.5, 0.6) is 0 Å². The summed E-state index contributed by atoms with van der Waals surface area (Å²) in [5.41, 5.74) is 0.670. The van der Waals surface area contributed by atoms with Crippen LogP contribution in [-0.4, -0.2) is 21.7 Å². The molecule has 20 heavy (non-hydrogen) atoms. The highest BCUT2D eigenvalue weighted by Crippen LogP contribution is 2.20. The predicted molar refractivity (Wildman–Crippen MR) is 70.1 cm³/mol. The van der Waals surface area contributed by atoms with Crippen molar-refractivity contribution in [2.75, 3.05) is 6.54 Å². The molecule has 0 saturated carbocycles. The number of nitrogens with zero attached hydrogens (tertiary/aromatic N) is 2. The zero-order valence-electron chi connectivity index (χ0n) is 11.0. The van der Waals surface area contributed by atoms with Gasteiger partial charge in [0.25, 0.3) is 0 Å². The van der Waals surface area contributed by atoms with Crippen LogP contribution in [0.1, 0.15) is 42.5 Å². The SMILES string of the molecule is Fc1ccc(Cc2nc(C3CCCCN3)n[nH]2)cc1F. The van der Waals surface area contributed by atoms with Gasteiger partial charge < -0.3 is 5.32 Å². The minimum absolute atomic E-state index is 0.193. The minimum atomic E-state index is -0.837. The number of aromatic nitrogens is 3. The van der Waals surface area contributed by atoms with Crippen LogP contribution < -0.4 is 5.32 Å². The van der Waals surface area contributed by atoms with Crippen LogP contribution in [-0.2, 0) is 6.42 Å². The van der Waals surface area contributed by atoms with Gasteiger partial charge in [0.05, 0.1) is 6.04 Å². The fourth-order valence-electron chi connectivity index (χ4n) is 2.46. The molecule has 0 bridgehead atoms. The first-order chi connectivity index (χ1) is 9.72. The Bertz CT molecular complexity index is 591. The zero-order chi connectivity index (χ0) is 13.9. The lowest BCUT2D eigenvalue weighted by Crippen LogP contribution is -2.27. The molecule has 106 valence electrons. The van der Waals surface area contributed by atoms with E-state index in [1.165, 1.54) is 18.9 Å². The Kier molecular flexibility index (Phi) is 3.73. The lowest BCUT2D eigenvalue weighted by molar-refractivity contribution is 0.398. The largest absolute Gasteiger partial charge is 0.307 e. The van der Waals surface area contributed by atoms with Crippen LogP contribution >= 0.6 is 0 Å². The molecule has 6 heteroatoms. The van der Waals surface area contributed by atoms with Gasteiger partial charge in [-0.1, -0.05) is 12.5 Å². The number of rotatable bonds is 3. The summed E-state index contributed by atoms with van der Waals surface area (Å²) in [6.45, 7) is 0.984. The van der Waals surface area contributed by atoms with Gasteiger partial charge in [-0.05, 0) is 37.1 Å². The van der Waals surface area contributed by atoms with E-state index in [9.17, 15) is 8.78 Å². The lowest BCUT2D eigenvalue weighted by atomic mass is 10.0. The molecule has 1 aliphatic rings. The van der Waals surface area contributed by atoms with Gasteiger partial charge in [0.1, 0.15) is 5.82 Å². The van der Waals surface area contributed by atoms with Gasteiger partial charge in [0.15, 0.2) is 17.5 Å². The summed E-state index contributed by atoms with van der Waals surface area (Å²) in [5.74, 6) is -0.254. The number of halogens is 2. The third-order valence-electron chi connectivity index (χ3n) is 3.53. The molecule has 1 aromatic carbocycles. The number of hydrogen-bond donors (Lipinski definition) is 2. The second-order valence-corrected chi connectivity index (χ2v) is 5.07. The molecular weight excluding hydrogens is 262 g/mol. The van der Waals surface area contributed by atoms with Gasteiger partial charge in [0.2, 0.25) is 0 Å². The van der Waals surface area contributed by atoms with Gasteiger partial charge in [-0.2, -0.15) is 5.10 Å². The lowest BCUT2D eigenvalue weighted by Gasteiger charge is -2.20. The van der Waals surface area contributed by atoms with E-state index >= 15 is 0 Å². The van der Waals surface area contributed by atoms with E-state index in [2.05, 4.69) is 20.5 Å². The molecule has 1 aromatic heterocycles. The van der Waals surface area contributed by atoms with Crippen molar-refractivity contribution >= 4 is 0 Å². The van der Waals surface area contributed by atoms with Crippen molar-refractivity contribution in [3.63, 3.8) is 0 Å². The predicted octanol–water partition coefficient (Wildman–Crippen LogP) is 2.49. The van der Waals surface area contributed by atoms with E-state index in [-0.39, 0.29) is 6.04 Å². The molecule has 3 rings (SSSR count). The topological polar surface area (TPSA) is 53.6 Å². The monoisotopic (exact) mass is 278 g/mol. The fraction of sp³-hybridized carbons (Fsp3) is 0.429. The molecule has 1 atom stereocenters. The van der Waals surface area contributed by atoms with E-state index in [0.29, 0.717) is 17.8 Å². The number of piperidine rings is 1. The molecule has 4 nitrogen and oxygen atoms in total. The number of benzene rings is 1. The second-order valence-electron chi connectivity index (χ2n) is 5.07. The first-order valence-electron chi connectivity index (χ1n) is 6.81. The van der Waals surface area contributed by atoms with Crippen LogP contribution in [0.2, 0.25) is 0 Å². The molecule has 2 heterocycles. The summed E-state index contributed by atoms with van der Waals surface area (Å²) in [5, 5.41) is 10.5. The van der Waals surface area contributed by atoms with Crippen LogP contribution in [0.25, 0.3) is 0 Å². The molecule has 0 aliphatic carbocycles. The Morgan fingerprint density at radius 2 is 2.10 bits per heavy atom. The molecule has 0 radical (unpaired) electrons. The summed E-state index contributed by atoms with van der Waals surface area (Å²) < 4.78 is 26.0. The van der Waals surface area contributed by atoms with Crippen LogP contribution in [0.15, 0.2) is 18.2 Å². The Hall–Kier alpha value is -1.82. The molecular formula is C14H16F2N4. The molecule has 0 spiro atoms. The maximum absolute atomic E-state index is 13.1. The summed E-state index contributed by atoms with van der Waals surface area (Å²) in [7, 11) is 0. The van der Waals surface area contributed by atoms with Gasteiger partial charge in [-0.3, -0.25) is 5.10 Å². The molecule has 2 aromatic rings. The van der Waals surface area contributed by atoms with Crippen LogP contribution in [0, 0.1) is 11.6 Å². The van der Waals surface area contributed by atoms with Crippen LogP contribution in [0.3, 0.4) is 0 Å². The van der Waals surface area contributed by atoms with E-state index in [0.717, 1.165) is 24.9 Å². The highest BCUT2D eigenvalue weighted by molar-refractivity contribution is 5.21. The van der Waals surface area contributed by atoms with E-state index in [4.69, 9.17) is 0 Å². The third kappa shape index (κ3) is 2.85. The normalized spacial score (nSPS) is 19.2. The number of aromatic amines is 1. The summed E-state index contributed by atoms with van der Waals surface area (Å²) >= 11 is 0. The van der Waals surface area contributed by atoms with E-state index < -0.39 is 11.6 Å². The Morgan fingerprint density at radius 3 is 2.85 bits per heavy atom. The van der Waals surface area contributed by atoms with Gasteiger partial charge >= 0.3 is 0 Å². The molecule has 1 saturated heterocycles. The standard InChI is InChI=1S/C14H16F2N4/c15-10-5-4-9(7-11(10)16)8-13-18-14(20-19-13)12-3-1-2-6-17-12/h4-5,7,12,17H,1-3,6,8H2,(H,18,19,20). The van der Waals surface area contributed by atoms with E-state index in [1.807, 2.05) is 0 Å². The van der Waals surface area contributed by atoms with Crippen molar-refractivity contribution < 1.29 is 8.78 Å². The highest BCUT2D eigenvalue weighted by Gasteiger charge is 2.19. The first-order valence-corrected chi connectivity index (χ1v) is 6.81. The number of nitrogens with one attached hydrogen (secondary N) is 2. The van der Waals surface area contributed by atoms with Crippen molar-refractivity contribution in [3.8, 4) is 0 Å². The van der Waals surface area contributed by atoms with Gasteiger partial charge in [0, 0.05) is 6.42 Å². The average molecular weight is 278 g/mol. The summed E-state index contributed by atoms with van der Waals surface area (Å²) in [6.07, 6.45) is 3.80. The molecule has 0 amide bonds. The van der Waals surface area contributed by atoms with Gasteiger partial charge in [-0.15, -0.1) is 0 Å². The second kappa shape index (κ2) is 5.66. The van der Waals surface area contributed by atoms with Crippen molar-refractivity contribution in [3.05, 3.63) is 47.0 Å². The van der Waals surface area contributed by atoms with Crippen molar-refractivity contribution in [2.24, 2.45) is 0 Å². The minimum Gasteiger partial charge on any atom is -0.307 e. The Morgan fingerprint density at radius 1 is 1.20 bits per heavy atom. The maximum atomic E-state index is 13.1. The number of hydrogen-bond acceptors (Lipinski definition) is 3. The average Bonchev–Trinajstić information content (AvgIpc) is 2.92. The Balaban J connectivity index is 1.71. The molecule has 1 fully saturated rings. The number of H-pyrrole nitrogens is 1. The molecule has 2 N–H and O–H groups in total. The summed E-state index contributed by atoms with van der Waals surface area (Å²) in [4.78, 5) is 4.44. The van der Waals surface area contributed by atoms with Gasteiger partial charge in [-0.25, -0.2) is 13.8 Å². The highest BCUT2D eigenvalue weighted by atomic mass is 19.2. The molecule has 1 aliphatic heterocycles. The maximum Gasteiger partial charge on any atom is 0.167 e. The third-order valence-corrected chi connectivity index (χ3v) is 3.53. The van der Waals surface area contributed by atoms with Crippen LogP contribution in [0.4, 0.5) is 8.78 Å². The van der Waals surface area contributed by atoms with Crippen molar-refractivity contribution in [1.82, 2.24) is 20.5 Å². The van der Waals surface area contributed by atoms with Crippen molar-refractivity contribution in [1.29, 1.82) is 0 Å². The van der Waals surface area contributed by atoms with Crippen molar-refractivity contribution in [2.45, 2.75) is 31.7 Å². The van der Waals surface area contributed by atoms with E-state index in [1.54, 1.807) is 6.07 Å². The fourth-order valence-corrected chi connectivity index (χ4v) is 2.46. The summed E-state index contributed by atoms with van der Waals surface area (Å²) in [6, 6.07) is 4.07. The Labute approximate surface area is 115 Å². The molecule has 1 unspecified atom stereocenters. The first kappa shape index (κ1) is 13.2. The quantitative estimate of drug-likeness (QED) is 0.907. The smallest absolute Gasteiger partial charge is 0.167 e. The zero-order valence-corrected chi connectivity index (χ0v) is 11.0.